The number of rotatable bonds is 5. The van der Waals surface area contributed by atoms with Crippen LogP contribution in [0.25, 0.3) is 10.9 Å². The number of pyridine rings is 1. The molecular formula is C15H18N2O2. The number of aliphatic hydroxyl groups excluding tert-OH is 1. The highest BCUT2D eigenvalue weighted by molar-refractivity contribution is 6.06. The minimum Gasteiger partial charge on any atom is -0.396 e. The van der Waals surface area contributed by atoms with E-state index in [2.05, 4.69) is 4.98 Å². The molecule has 1 heterocycles. The monoisotopic (exact) mass is 258 g/mol. The second-order valence-corrected chi connectivity index (χ2v) is 4.34. The van der Waals surface area contributed by atoms with Gasteiger partial charge in [-0.2, -0.15) is 0 Å². The van der Waals surface area contributed by atoms with Crippen molar-refractivity contribution in [2.45, 2.75) is 13.3 Å². The highest BCUT2D eigenvalue weighted by atomic mass is 16.3. The number of aromatic nitrogens is 1. The maximum Gasteiger partial charge on any atom is 0.254 e. The van der Waals surface area contributed by atoms with Crippen molar-refractivity contribution < 1.29 is 9.90 Å². The highest BCUT2D eigenvalue weighted by Crippen LogP contribution is 2.18. The van der Waals surface area contributed by atoms with Crippen LogP contribution in [-0.2, 0) is 0 Å². The van der Waals surface area contributed by atoms with Gasteiger partial charge in [-0.25, -0.2) is 0 Å². The normalized spacial score (nSPS) is 10.6. The van der Waals surface area contributed by atoms with E-state index in [0.717, 1.165) is 10.9 Å². The van der Waals surface area contributed by atoms with Crippen LogP contribution in [-0.4, -0.2) is 40.6 Å². The third kappa shape index (κ3) is 2.90. The van der Waals surface area contributed by atoms with Gasteiger partial charge in [0.15, 0.2) is 0 Å². The summed E-state index contributed by atoms with van der Waals surface area (Å²) in [7, 11) is 0. The molecule has 0 aliphatic rings. The predicted molar refractivity (Wildman–Crippen MR) is 75.0 cm³/mol. The number of nitrogens with zero attached hydrogens (tertiary/aromatic N) is 2. The number of amides is 1. The molecule has 2 rings (SSSR count). The minimum absolute atomic E-state index is 0.00505. The summed E-state index contributed by atoms with van der Waals surface area (Å²) in [6.45, 7) is 3.25. The average molecular weight is 258 g/mol. The van der Waals surface area contributed by atoms with Crippen LogP contribution in [0.1, 0.15) is 23.7 Å². The molecular weight excluding hydrogens is 240 g/mol. The Balaban J connectivity index is 2.35. The van der Waals surface area contributed by atoms with E-state index in [-0.39, 0.29) is 12.5 Å². The molecule has 0 atom stereocenters. The molecule has 0 radical (unpaired) electrons. The fraction of sp³-hybridized carbons (Fsp3) is 0.333. The van der Waals surface area contributed by atoms with Gasteiger partial charge >= 0.3 is 0 Å². The summed E-state index contributed by atoms with van der Waals surface area (Å²) < 4.78 is 0. The number of benzene rings is 1. The number of fused-ring (bicyclic) bond motifs is 1. The molecule has 1 aromatic carbocycles. The number of hydrogen-bond acceptors (Lipinski definition) is 3. The Morgan fingerprint density at radius 1 is 1.32 bits per heavy atom. The van der Waals surface area contributed by atoms with Crippen molar-refractivity contribution in [3.63, 3.8) is 0 Å². The first-order valence-corrected chi connectivity index (χ1v) is 6.51. The molecule has 0 bridgehead atoms. The van der Waals surface area contributed by atoms with Gasteiger partial charge in [-0.15, -0.1) is 0 Å². The smallest absolute Gasteiger partial charge is 0.254 e. The first-order chi connectivity index (χ1) is 9.27. The van der Waals surface area contributed by atoms with Gasteiger partial charge in [0, 0.05) is 36.8 Å². The Kier molecular flexibility index (Phi) is 4.47. The van der Waals surface area contributed by atoms with Gasteiger partial charge in [0.25, 0.3) is 5.91 Å². The summed E-state index contributed by atoms with van der Waals surface area (Å²) in [6, 6.07) is 9.32. The van der Waals surface area contributed by atoms with Crippen molar-refractivity contribution >= 4 is 16.8 Å². The van der Waals surface area contributed by atoms with Crippen LogP contribution in [0, 0.1) is 0 Å². The van der Waals surface area contributed by atoms with Crippen molar-refractivity contribution in [1.82, 2.24) is 9.88 Å². The molecule has 0 spiro atoms. The Hall–Kier alpha value is -1.94. The van der Waals surface area contributed by atoms with Crippen LogP contribution in [0.15, 0.2) is 36.5 Å². The summed E-state index contributed by atoms with van der Waals surface area (Å²) in [5.74, 6) is -0.00505. The van der Waals surface area contributed by atoms with Crippen LogP contribution in [0.5, 0.6) is 0 Å². The number of carbonyl (C=O) groups is 1. The molecule has 4 heteroatoms. The topological polar surface area (TPSA) is 53.4 Å². The molecule has 0 unspecified atom stereocenters. The maximum absolute atomic E-state index is 12.5. The zero-order valence-electron chi connectivity index (χ0n) is 11.0. The third-order valence-electron chi connectivity index (χ3n) is 3.13. The standard InChI is InChI=1S/C15H18N2O2/c1-2-17(10-5-11-18)15(19)13-6-3-8-14-12(13)7-4-9-16-14/h3-4,6-9,18H,2,5,10-11H2,1H3. The van der Waals surface area contributed by atoms with E-state index in [0.29, 0.717) is 25.1 Å². The first kappa shape index (κ1) is 13.5. The van der Waals surface area contributed by atoms with Crippen LogP contribution < -0.4 is 0 Å². The zero-order valence-corrected chi connectivity index (χ0v) is 11.0. The lowest BCUT2D eigenvalue weighted by molar-refractivity contribution is 0.0756. The summed E-state index contributed by atoms with van der Waals surface area (Å²) in [4.78, 5) is 18.5. The summed E-state index contributed by atoms with van der Waals surface area (Å²) in [5.41, 5.74) is 1.50. The molecule has 0 fully saturated rings. The van der Waals surface area contributed by atoms with E-state index < -0.39 is 0 Å². The van der Waals surface area contributed by atoms with E-state index in [9.17, 15) is 4.79 Å². The van der Waals surface area contributed by atoms with Gasteiger partial charge in [-0.3, -0.25) is 9.78 Å². The molecule has 0 aliphatic carbocycles. The van der Waals surface area contributed by atoms with Crippen LogP contribution in [0.3, 0.4) is 0 Å². The van der Waals surface area contributed by atoms with E-state index in [1.807, 2.05) is 37.3 Å². The zero-order chi connectivity index (χ0) is 13.7. The lowest BCUT2D eigenvalue weighted by Gasteiger charge is -2.21. The van der Waals surface area contributed by atoms with Crippen LogP contribution in [0.2, 0.25) is 0 Å². The van der Waals surface area contributed by atoms with Crippen LogP contribution >= 0.6 is 0 Å². The predicted octanol–water partition coefficient (Wildman–Crippen LogP) is 2.08. The van der Waals surface area contributed by atoms with E-state index in [4.69, 9.17) is 5.11 Å². The van der Waals surface area contributed by atoms with Gasteiger partial charge in [0.05, 0.1) is 5.52 Å². The van der Waals surface area contributed by atoms with E-state index in [1.165, 1.54) is 0 Å². The van der Waals surface area contributed by atoms with Gasteiger partial charge in [0.1, 0.15) is 0 Å². The van der Waals surface area contributed by atoms with Crippen molar-refractivity contribution in [2.75, 3.05) is 19.7 Å². The molecule has 1 amide bonds. The number of carbonyl (C=O) groups excluding carboxylic acids is 1. The molecule has 1 aromatic heterocycles. The maximum atomic E-state index is 12.5. The lowest BCUT2D eigenvalue weighted by atomic mass is 10.1. The van der Waals surface area contributed by atoms with Crippen molar-refractivity contribution in [2.24, 2.45) is 0 Å². The van der Waals surface area contributed by atoms with E-state index in [1.54, 1.807) is 11.1 Å². The average Bonchev–Trinajstić information content (AvgIpc) is 2.47. The van der Waals surface area contributed by atoms with Gasteiger partial charge < -0.3 is 10.0 Å². The SMILES string of the molecule is CCN(CCCO)C(=O)c1cccc2ncccc12. The fourth-order valence-electron chi connectivity index (χ4n) is 2.13. The van der Waals surface area contributed by atoms with Crippen molar-refractivity contribution in [3.8, 4) is 0 Å². The highest BCUT2D eigenvalue weighted by Gasteiger charge is 2.16. The first-order valence-electron chi connectivity index (χ1n) is 6.51. The van der Waals surface area contributed by atoms with E-state index >= 15 is 0 Å². The van der Waals surface area contributed by atoms with Crippen LogP contribution in [0.4, 0.5) is 0 Å². The molecule has 0 aliphatic heterocycles. The molecule has 1 N–H and O–H groups in total. The van der Waals surface area contributed by atoms with Crippen molar-refractivity contribution in [3.05, 3.63) is 42.1 Å². The number of aliphatic hydroxyl groups is 1. The molecule has 19 heavy (non-hydrogen) atoms. The Labute approximate surface area is 112 Å². The van der Waals surface area contributed by atoms with Crippen molar-refractivity contribution in [1.29, 1.82) is 0 Å². The molecule has 0 saturated heterocycles. The second-order valence-electron chi connectivity index (χ2n) is 4.34. The molecule has 4 nitrogen and oxygen atoms in total. The Morgan fingerprint density at radius 3 is 2.89 bits per heavy atom. The fourth-order valence-corrected chi connectivity index (χ4v) is 2.13. The third-order valence-corrected chi connectivity index (χ3v) is 3.13. The quantitative estimate of drug-likeness (QED) is 0.893. The second kappa shape index (κ2) is 6.29. The molecule has 2 aromatic rings. The summed E-state index contributed by atoms with van der Waals surface area (Å²) in [6.07, 6.45) is 2.32. The summed E-state index contributed by atoms with van der Waals surface area (Å²) >= 11 is 0. The molecule has 0 saturated carbocycles. The molecule has 100 valence electrons. The van der Waals surface area contributed by atoms with Gasteiger partial charge in [-0.1, -0.05) is 12.1 Å². The summed E-state index contributed by atoms with van der Waals surface area (Å²) in [5, 5.41) is 9.76. The van der Waals surface area contributed by atoms with Gasteiger partial charge in [0.2, 0.25) is 0 Å². The lowest BCUT2D eigenvalue weighted by Crippen LogP contribution is -2.32. The Morgan fingerprint density at radius 2 is 2.16 bits per heavy atom. The largest absolute Gasteiger partial charge is 0.396 e. The Bertz CT molecular complexity index is 564. The van der Waals surface area contributed by atoms with Gasteiger partial charge in [-0.05, 0) is 31.5 Å². The number of hydrogen-bond donors (Lipinski definition) is 1. The minimum atomic E-state index is -0.00505.